The predicted octanol–water partition coefficient (Wildman–Crippen LogP) is 12.8. The molecular weight excluding hydrogens is 932 g/mol. The normalized spacial score (nSPS) is 18.4. The third-order valence-corrected chi connectivity index (χ3v) is 9.52. The summed E-state index contributed by atoms with van der Waals surface area (Å²) in [6.45, 7) is 31.2. The minimum absolute atomic E-state index is 0.00971. The minimum Gasteiger partial charge on any atom is -0.477 e. The molecule has 16 nitrogen and oxygen atoms in total. The Morgan fingerprint density at radius 3 is 1.35 bits per heavy atom. The van der Waals surface area contributed by atoms with Crippen LogP contribution in [0.25, 0.3) is 0 Å². The van der Waals surface area contributed by atoms with Crippen LogP contribution in [0, 0.1) is 49.8 Å². The quantitative estimate of drug-likeness (QED) is 0.175. The van der Waals surface area contributed by atoms with Crippen LogP contribution >= 0.6 is 31.9 Å². The summed E-state index contributed by atoms with van der Waals surface area (Å²) in [5, 5.41) is 30.4. The van der Waals surface area contributed by atoms with Gasteiger partial charge < -0.3 is 29.1 Å². The highest BCUT2D eigenvalue weighted by molar-refractivity contribution is 9.10. The molecule has 4 heterocycles. The monoisotopic (exact) mass is 1000 g/mol. The summed E-state index contributed by atoms with van der Waals surface area (Å²) in [5.41, 5.74) is -0.677. The van der Waals surface area contributed by atoms with Crippen LogP contribution in [-0.4, -0.2) is 90.9 Å². The molecule has 1 N–H and O–H groups in total. The van der Waals surface area contributed by atoms with E-state index in [9.17, 15) is 29.8 Å². The van der Waals surface area contributed by atoms with Gasteiger partial charge in [-0.15, -0.1) is 0 Å². The molecule has 62 heavy (non-hydrogen) atoms. The summed E-state index contributed by atoms with van der Waals surface area (Å²) < 4.78 is 17.6. The second kappa shape index (κ2) is 29.5. The largest absolute Gasteiger partial charge is 0.477 e. The Bertz CT molecular complexity index is 1640. The first-order valence-corrected chi connectivity index (χ1v) is 23.1. The summed E-state index contributed by atoms with van der Waals surface area (Å²) in [4.78, 5) is 54.8. The van der Waals surface area contributed by atoms with E-state index in [1.54, 1.807) is 4.90 Å². The Morgan fingerprint density at radius 1 is 0.742 bits per heavy atom. The highest BCUT2D eigenvalue weighted by atomic mass is 79.9. The van der Waals surface area contributed by atoms with Crippen LogP contribution in [0.5, 0.6) is 11.8 Å². The summed E-state index contributed by atoms with van der Waals surface area (Å²) >= 11 is 6.46. The molecule has 18 heteroatoms. The van der Waals surface area contributed by atoms with Gasteiger partial charge in [0.15, 0.2) is 0 Å². The maximum atomic E-state index is 12.3. The average molecular weight is 1010 g/mol. The fourth-order valence-electron chi connectivity index (χ4n) is 5.83. The maximum absolute atomic E-state index is 12.3. The second-order valence-corrected chi connectivity index (χ2v) is 20.3. The van der Waals surface area contributed by atoms with Crippen molar-refractivity contribution in [3.8, 4) is 11.8 Å². The van der Waals surface area contributed by atoms with Gasteiger partial charge in [-0.2, -0.15) is 0 Å². The van der Waals surface area contributed by atoms with Crippen LogP contribution < -0.4 is 9.47 Å². The number of hydrogen-bond donors (Lipinski definition) is 1. The van der Waals surface area contributed by atoms with Crippen molar-refractivity contribution in [3.63, 3.8) is 0 Å². The zero-order valence-electron chi connectivity index (χ0n) is 39.5. The molecule has 4 rings (SSSR count). The Morgan fingerprint density at radius 2 is 1.08 bits per heavy atom. The van der Waals surface area contributed by atoms with Crippen LogP contribution in [-0.2, 0) is 4.74 Å². The van der Waals surface area contributed by atoms with Gasteiger partial charge in [0.05, 0.1) is 32.0 Å². The summed E-state index contributed by atoms with van der Waals surface area (Å²) in [6.07, 6.45) is 6.24. The van der Waals surface area contributed by atoms with E-state index < -0.39 is 21.5 Å². The Hall–Kier alpha value is -3.80. The summed E-state index contributed by atoms with van der Waals surface area (Å²) in [6, 6.07) is 2.86. The van der Waals surface area contributed by atoms with E-state index in [1.165, 1.54) is 23.2 Å². The van der Waals surface area contributed by atoms with E-state index >= 15 is 0 Å². The van der Waals surface area contributed by atoms with Crippen LogP contribution in [0.15, 0.2) is 33.5 Å². The third-order valence-electron chi connectivity index (χ3n) is 8.38. The average Bonchev–Trinajstić information content (AvgIpc) is 3.11. The number of carbonyl (C=O) groups is 2. The number of likely N-dealkylation sites (tertiary alicyclic amines) is 2. The first kappa shape index (κ1) is 58.2. The molecule has 0 radical (unpaired) electrons. The molecule has 0 bridgehead atoms. The lowest BCUT2D eigenvalue weighted by molar-refractivity contribution is -0.385. The molecule has 2 aromatic rings. The molecule has 0 saturated carbocycles. The van der Waals surface area contributed by atoms with Gasteiger partial charge in [0.1, 0.15) is 18.0 Å². The van der Waals surface area contributed by atoms with Gasteiger partial charge >= 0.3 is 12.2 Å². The molecule has 2 aliphatic heterocycles. The van der Waals surface area contributed by atoms with Crippen molar-refractivity contribution in [2.75, 3.05) is 26.3 Å². The van der Waals surface area contributed by atoms with Crippen LogP contribution in [0.4, 0.5) is 21.0 Å². The van der Waals surface area contributed by atoms with Gasteiger partial charge in [0.25, 0.3) is 11.4 Å². The van der Waals surface area contributed by atoms with Gasteiger partial charge in [-0.25, -0.2) is 19.6 Å². The Labute approximate surface area is 386 Å². The fraction of sp³-hybridized carbons (Fsp3) is 0.727. The number of amides is 2. The molecule has 2 aromatic heterocycles. The van der Waals surface area contributed by atoms with Crippen molar-refractivity contribution in [1.82, 2.24) is 19.8 Å². The first-order chi connectivity index (χ1) is 28.6. The lowest BCUT2D eigenvalue weighted by Crippen LogP contribution is -2.46. The lowest BCUT2D eigenvalue weighted by Gasteiger charge is -2.38. The zero-order valence-corrected chi connectivity index (χ0v) is 42.7. The van der Waals surface area contributed by atoms with E-state index in [4.69, 9.17) is 19.3 Å². The van der Waals surface area contributed by atoms with Gasteiger partial charge in [0.2, 0.25) is 11.8 Å². The van der Waals surface area contributed by atoms with E-state index in [2.05, 4.69) is 104 Å². The minimum atomic E-state index is -0.869. The van der Waals surface area contributed by atoms with E-state index in [-0.39, 0.29) is 29.6 Å². The number of ether oxygens (including phenoxy) is 3. The van der Waals surface area contributed by atoms with Gasteiger partial charge in [0, 0.05) is 37.3 Å². The smallest absolute Gasteiger partial charge is 0.410 e. The highest BCUT2D eigenvalue weighted by Crippen LogP contribution is 2.31. The van der Waals surface area contributed by atoms with Gasteiger partial charge in [-0.05, 0) is 135 Å². The molecule has 2 aliphatic rings. The molecule has 0 spiro atoms. The van der Waals surface area contributed by atoms with Crippen molar-refractivity contribution >= 4 is 55.4 Å². The van der Waals surface area contributed by atoms with E-state index in [1.807, 2.05) is 34.6 Å². The molecule has 0 unspecified atom stereocenters. The number of pyridine rings is 2. The molecule has 0 aliphatic carbocycles. The van der Waals surface area contributed by atoms with Crippen molar-refractivity contribution < 1.29 is 38.8 Å². The number of hydrogen-bond acceptors (Lipinski definition) is 11. The molecular formula is C44H74Br2N6O10. The molecule has 2 amide bonds. The first-order valence-electron chi connectivity index (χ1n) is 21.5. The van der Waals surface area contributed by atoms with Crippen molar-refractivity contribution in [1.29, 1.82) is 0 Å². The van der Waals surface area contributed by atoms with Crippen molar-refractivity contribution in [3.05, 3.63) is 53.7 Å². The van der Waals surface area contributed by atoms with Crippen LogP contribution in [0.1, 0.15) is 135 Å². The maximum Gasteiger partial charge on any atom is 0.410 e. The Kier molecular flexibility index (Phi) is 27.7. The number of nitrogens with zero attached hydrogens (tertiary/aromatic N) is 6. The number of piperidine rings is 2. The number of nitro groups is 2. The number of carboxylic acid groups (broad SMARTS) is 1. The Balaban J connectivity index is 0.000000958. The van der Waals surface area contributed by atoms with Crippen molar-refractivity contribution in [2.45, 2.75) is 153 Å². The molecule has 0 aromatic carbocycles. The molecule has 4 atom stereocenters. The SMILES string of the molecule is CC(C)C.CC(C)C.CC(C)C.C[C@H]1C[C@@H](CCOc2ncc([N+](=O)[O-])cc2Br)CCN1C(=O)OC(C)(C)C.C[C@H]1C[C@H](CCOc2ncc([N+](=O)[O-])cc2Br)CCN1C(=O)O. The van der Waals surface area contributed by atoms with Gasteiger partial charge in [-0.3, -0.25) is 20.2 Å². The van der Waals surface area contributed by atoms with E-state index in [0.717, 1.165) is 62.5 Å². The van der Waals surface area contributed by atoms with E-state index in [0.29, 0.717) is 58.8 Å². The number of rotatable bonds is 10. The highest BCUT2D eigenvalue weighted by Gasteiger charge is 2.32. The third kappa shape index (κ3) is 26.0. The fourth-order valence-corrected chi connectivity index (χ4v) is 6.73. The second-order valence-electron chi connectivity index (χ2n) is 18.6. The summed E-state index contributed by atoms with van der Waals surface area (Å²) in [5.74, 6) is 4.01. The zero-order chi connectivity index (χ0) is 47.9. The number of aromatic nitrogens is 2. The molecule has 2 saturated heterocycles. The van der Waals surface area contributed by atoms with Crippen molar-refractivity contribution in [2.24, 2.45) is 29.6 Å². The van der Waals surface area contributed by atoms with Gasteiger partial charge in [-0.1, -0.05) is 62.3 Å². The topological polar surface area (TPSA) is 201 Å². The standard InChI is InChI=1S/C18H26BrN3O5.C14H18BrN3O5.3C4H10/c1-12-9-13(5-7-21(12)17(23)27-18(2,3)4)6-8-26-16-15(19)10-14(11-20-16)22(24)25;1-9-6-10(2-4-17(9)14(19)20)3-5-23-13-12(15)7-11(8-16-13)18(21)22;3*1-4(2)3/h10-13H,5-9H2,1-4H3;7-10H,2-6H2,1H3,(H,19,20);3*4H,1-3H3/t12-,13+;9-,10-;;;/m00.../s1. The number of halogens is 2. The lowest BCUT2D eigenvalue weighted by atomic mass is 9.89. The summed E-state index contributed by atoms with van der Waals surface area (Å²) in [7, 11) is 0. The predicted molar refractivity (Wildman–Crippen MR) is 251 cm³/mol. The van der Waals surface area contributed by atoms with Crippen LogP contribution in [0.3, 0.4) is 0 Å². The number of carbonyl (C=O) groups excluding carboxylic acids is 1. The molecule has 354 valence electrons. The molecule has 2 fully saturated rings. The van der Waals surface area contributed by atoms with Crippen LogP contribution in [0.2, 0.25) is 0 Å².